The molecule has 1 saturated heterocycles. The molecule has 5 nitrogen and oxygen atoms in total. The molecule has 2 amide bonds. The fourth-order valence-electron chi connectivity index (χ4n) is 1.77. The first kappa shape index (κ1) is 13.5. The van der Waals surface area contributed by atoms with Crippen LogP contribution in [0.25, 0.3) is 0 Å². The van der Waals surface area contributed by atoms with Crippen LogP contribution in [0.2, 0.25) is 0 Å². The van der Waals surface area contributed by atoms with Crippen molar-refractivity contribution in [2.75, 3.05) is 13.6 Å². The average Bonchev–Trinajstić information content (AvgIpc) is 2.32. The Kier molecular flexibility index (Phi) is 4.11. The van der Waals surface area contributed by atoms with Crippen molar-refractivity contribution in [1.29, 1.82) is 5.26 Å². The number of nitrogens with zero attached hydrogens (tertiary/aromatic N) is 2. The molecule has 1 fully saturated rings. The smallest absolute Gasteiger partial charge is 0.240 e. The Morgan fingerprint density at radius 3 is 2.82 bits per heavy atom. The number of rotatable bonds is 3. The van der Waals surface area contributed by atoms with Crippen LogP contribution in [-0.2, 0) is 9.59 Å². The number of nitriles is 1. The minimum atomic E-state index is -0.972. The Labute approximate surface area is 102 Å². The van der Waals surface area contributed by atoms with Gasteiger partial charge in [-0.15, -0.1) is 0 Å². The van der Waals surface area contributed by atoms with Crippen LogP contribution in [0.3, 0.4) is 0 Å². The van der Waals surface area contributed by atoms with Crippen LogP contribution in [-0.4, -0.2) is 36.3 Å². The fourth-order valence-corrected chi connectivity index (χ4v) is 1.77. The third kappa shape index (κ3) is 2.96. The molecule has 2 unspecified atom stereocenters. The topological polar surface area (TPSA) is 73.2 Å². The van der Waals surface area contributed by atoms with E-state index in [0.717, 1.165) is 0 Å². The molecule has 2 atom stereocenters. The standard InChI is InChI=1S/C12H19N3O2/c1-4-12(2,8-13)11(17)14-9-5-6-10(16)15(3)7-9/h9H,4-7H2,1-3H3,(H,14,17). The average molecular weight is 237 g/mol. The molecule has 1 aliphatic rings. The zero-order chi connectivity index (χ0) is 13.1. The van der Waals surface area contributed by atoms with Gasteiger partial charge in [0.1, 0.15) is 5.41 Å². The van der Waals surface area contributed by atoms with E-state index in [1.54, 1.807) is 18.9 Å². The lowest BCUT2D eigenvalue weighted by Gasteiger charge is -2.32. The van der Waals surface area contributed by atoms with Crippen molar-refractivity contribution in [1.82, 2.24) is 10.2 Å². The molecule has 1 heterocycles. The van der Waals surface area contributed by atoms with Gasteiger partial charge >= 0.3 is 0 Å². The van der Waals surface area contributed by atoms with Gasteiger partial charge in [-0.05, 0) is 19.8 Å². The van der Waals surface area contributed by atoms with Crippen molar-refractivity contribution in [3.8, 4) is 6.07 Å². The summed E-state index contributed by atoms with van der Waals surface area (Å²) in [6.45, 7) is 3.98. The van der Waals surface area contributed by atoms with Crippen LogP contribution < -0.4 is 5.32 Å². The van der Waals surface area contributed by atoms with E-state index in [2.05, 4.69) is 5.32 Å². The lowest BCUT2D eigenvalue weighted by atomic mass is 9.88. The van der Waals surface area contributed by atoms with Crippen molar-refractivity contribution in [3.05, 3.63) is 0 Å². The molecule has 5 heteroatoms. The van der Waals surface area contributed by atoms with E-state index in [9.17, 15) is 9.59 Å². The molecule has 0 aromatic rings. The molecule has 0 bridgehead atoms. The second-order valence-corrected chi connectivity index (χ2v) is 4.78. The summed E-state index contributed by atoms with van der Waals surface area (Å²) < 4.78 is 0. The minimum absolute atomic E-state index is 0.0376. The number of carbonyl (C=O) groups excluding carboxylic acids is 2. The predicted octanol–water partition coefficient (Wildman–Crippen LogP) is 0.663. The number of hydrogen-bond donors (Lipinski definition) is 1. The van der Waals surface area contributed by atoms with Crippen molar-refractivity contribution in [2.45, 2.75) is 39.2 Å². The molecule has 0 aliphatic carbocycles. The first-order valence-electron chi connectivity index (χ1n) is 5.89. The van der Waals surface area contributed by atoms with Crippen molar-refractivity contribution < 1.29 is 9.59 Å². The summed E-state index contributed by atoms with van der Waals surface area (Å²) >= 11 is 0. The van der Waals surface area contributed by atoms with Crippen LogP contribution in [0.4, 0.5) is 0 Å². The largest absolute Gasteiger partial charge is 0.350 e. The van der Waals surface area contributed by atoms with Crippen LogP contribution in [0.1, 0.15) is 33.1 Å². The Morgan fingerprint density at radius 1 is 1.71 bits per heavy atom. The second kappa shape index (κ2) is 5.17. The third-order valence-corrected chi connectivity index (χ3v) is 3.42. The van der Waals surface area contributed by atoms with E-state index >= 15 is 0 Å². The van der Waals surface area contributed by atoms with E-state index in [1.165, 1.54) is 0 Å². The fraction of sp³-hybridized carbons (Fsp3) is 0.750. The van der Waals surface area contributed by atoms with Crippen molar-refractivity contribution in [3.63, 3.8) is 0 Å². The Morgan fingerprint density at radius 2 is 2.35 bits per heavy atom. The zero-order valence-corrected chi connectivity index (χ0v) is 10.6. The summed E-state index contributed by atoms with van der Waals surface area (Å²) in [5.74, 6) is -0.135. The third-order valence-electron chi connectivity index (χ3n) is 3.42. The van der Waals surface area contributed by atoms with Gasteiger partial charge in [0.25, 0.3) is 0 Å². The highest BCUT2D eigenvalue weighted by molar-refractivity contribution is 5.85. The van der Waals surface area contributed by atoms with Gasteiger partial charge in [0.2, 0.25) is 11.8 Å². The van der Waals surface area contributed by atoms with E-state index in [0.29, 0.717) is 25.8 Å². The molecule has 0 radical (unpaired) electrons. The number of likely N-dealkylation sites (tertiary alicyclic amines) is 1. The molecule has 1 rings (SSSR count). The van der Waals surface area contributed by atoms with Crippen molar-refractivity contribution in [2.24, 2.45) is 5.41 Å². The molecule has 0 aromatic carbocycles. The summed E-state index contributed by atoms with van der Waals surface area (Å²) in [4.78, 5) is 24.9. The molecule has 1 N–H and O–H groups in total. The van der Waals surface area contributed by atoms with Crippen molar-refractivity contribution >= 4 is 11.8 Å². The summed E-state index contributed by atoms with van der Waals surface area (Å²) in [7, 11) is 1.73. The lowest BCUT2D eigenvalue weighted by Crippen LogP contribution is -2.51. The maximum atomic E-state index is 11.9. The molecule has 0 saturated carbocycles. The number of amides is 2. The zero-order valence-electron chi connectivity index (χ0n) is 10.6. The van der Waals surface area contributed by atoms with Gasteiger partial charge < -0.3 is 10.2 Å². The van der Waals surface area contributed by atoms with Crippen LogP contribution in [0.15, 0.2) is 0 Å². The summed E-state index contributed by atoms with van der Waals surface area (Å²) in [5, 5.41) is 11.9. The number of likely N-dealkylation sites (N-methyl/N-ethyl adjacent to an activating group) is 1. The SMILES string of the molecule is CCC(C)(C#N)C(=O)NC1CCC(=O)N(C)C1. The minimum Gasteiger partial charge on any atom is -0.350 e. The predicted molar refractivity (Wildman–Crippen MR) is 62.8 cm³/mol. The Bertz CT molecular complexity index is 361. The maximum Gasteiger partial charge on any atom is 0.240 e. The van der Waals surface area contributed by atoms with Gasteiger partial charge in [-0.1, -0.05) is 6.92 Å². The summed E-state index contributed by atoms with van der Waals surface area (Å²) in [5.41, 5.74) is -0.972. The van der Waals surface area contributed by atoms with Gasteiger partial charge in [-0.2, -0.15) is 5.26 Å². The Hall–Kier alpha value is -1.57. The molecule has 17 heavy (non-hydrogen) atoms. The summed E-state index contributed by atoms with van der Waals surface area (Å²) in [6, 6.07) is 2.01. The van der Waals surface area contributed by atoms with Gasteiger partial charge in [0.15, 0.2) is 0 Å². The lowest BCUT2D eigenvalue weighted by molar-refractivity contribution is -0.135. The van der Waals surface area contributed by atoms with Crippen LogP contribution in [0.5, 0.6) is 0 Å². The van der Waals surface area contributed by atoms with E-state index in [1.807, 2.05) is 13.0 Å². The normalized spacial score (nSPS) is 23.8. The molecule has 94 valence electrons. The highest BCUT2D eigenvalue weighted by atomic mass is 16.2. The number of carbonyl (C=O) groups is 2. The van der Waals surface area contributed by atoms with E-state index in [4.69, 9.17) is 5.26 Å². The van der Waals surface area contributed by atoms with Gasteiger partial charge in [0, 0.05) is 26.1 Å². The maximum absolute atomic E-state index is 11.9. The highest BCUT2D eigenvalue weighted by Gasteiger charge is 2.34. The highest BCUT2D eigenvalue weighted by Crippen LogP contribution is 2.21. The van der Waals surface area contributed by atoms with E-state index < -0.39 is 5.41 Å². The second-order valence-electron chi connectivity index (χ2n) is 4.78. The first-order chi connectivity index (χ1) is 7.92. The van der Waals surface area contributed by atoms with Crippen LogP contribution in [0, 0.1) is 16.7 Å². The number of nitrogens with one attached hydrogen (secondary N) is 1. The summed E-state index contributed by atoms with van der Waals surface area (Å²) in [6.07, 6.45) is 1.59. The molecular weight excluding hydrogens is 218 g/mol. The molecule has 0 spiro atoms. The van der Waals surface area contributed by atoms with Crippen LogP contribution >= 0.6 is 0 Å². The van der Waals surface area contributed by atoms with E-state index in [-0.39, 0.29) is 17.9 Å². The first-order valence-corrected chi connectivity index (χ1v) is 5.89. The van der Waals surface area contributed by atoms with Gasteiger partial charge in [-0.3, -0.25) is 9.59 Å². The quantitative estimate of drug-likeness (QED) is 0.783. The monoisotopic (exact) mass is 237 g/mol. The molecule has 1 aliphatic heterocycles. The molecule has 0 aromatic heterocycles. The van der Waals surface area contributed by atoms with Gasteiger partial charge in [-0.25, -0.2) is 0 Å². The number of piperidine rings is 1. The molecular formula is C12H19N3O2. The Balaban J connectivity index is 2.59. The van der Waals surface area contributed by atoms with Gasteiger partial charge in [0.05, 0.1) is 6.07 Å². The number of hydrogen-bond acceptors (Lipinski definition) is 3.